The van der Waals surface area contributed by atoms with Crippen molar-refractivity contribution in [3.8, 4) is 0 Å². The Kier molecular flexibility index (Phi) is 27.1. The van der Waals surface area contributed by atoms with E-state index < -0.39 is 120 Å². The predicted molar refractivity (Wildman–Crippen MR) is 305 cm³/mol. The Morgan fingerprint density at radius 1 is 0.684 bits per heavy atom. The van der Waals surface area contributed by atoms with Crippen molar-refractivity contribution in [3.05, 3.63) is 71.8 Å². The van der Waals surface area contributed by atoms with Crippen LogP contribution in [0.4, 0.5) is 0 Å². The van der Waals surface area contributed by atoms with Gasteiger partial charge < -0.3 is 49.5 Å². The lowest BCUT2D eigenvalue weighted by atomic mass is 9.95. The highest BCUT2D eigenvalue weighted by molar-refractivity contribution is 6.00. The highest BCUT2D eigenvalue weighted by atomic mass is 16.5. The molecule has 2 unspecified atom stereocenters. The Morgan fingerprint density at radius 3 is 1.86 bits per heavy atom. The molecule has 440 valence electrons. The van der Waals surface area contributed by atoms with Crippen molar-refractivity contribution < 1.29 is 52.6 Å². The zero-order valence-electron chi connectivity index (χ0n) is 50.2. The molecule has 19 nitrogen and oxygen atoms in total. The largest absolute Gasteiger partial charge is 0.461 e. The molecule has 0 radical (unpaired) electrons. The van der Waals surface area contributed by atoms with Crippen molar-refractivity contribution in [1.29, 1.82) is 0 Å². The van der Waals surface area contributed by atoms with Crippen LogP contribution in [-0.2, 0) is 59.0 Å². The number of carbonyl (C=O) groups excluding carboxylic acids is 9. The molecule has 2 N–H and O–H groups in total. The Bertz CT molecular complexity index is 2340. The molecule has 3 rings (SSSR count). The Hall–Kier alpha value is -6.37. The fourth-order valence-electron chi connectivity index (χ4n) is 10.2. The van der Waals surface area contributed by atoms with Crippen molar-refractivity contribution in [2.24, 2.45) is 17.8 Å². The molecular weight excluding hydrogens is 1010 g/mol. The number of hydrogen-bond donors (Lipinski definition) is 2. The van der Waals surface area contributed by atoms with Crippen molar-refractivity contribution in [2.45, 2.75) is 181 Å². The number of nitrogens with one attached hydrogen (secondary N) is 2. The number of ether oxygens (including phenoxy) is 2. The van der Waals surface area contributed by atoms with E-state index in [1.54, 1.807) is 60.8 Å². The van der Waals surface area contributed by atoms with Crippen LogP contribution in [0.15, 0.2) is 66.3 Å². The Labute approximate surface area is 470 Å². The number of methoxy groups -OCH3 is 1. The molecule has 9 atom stereocenters. The van der Waals surface area contributed by atoms with Gasteiger partial charge in [0.05, 0.1) is 18.6 Å². The number of allylic oxidation sites excluding steroid dienone is 4. The summed E-state index contributed by atoms with van der Waals surface area (Å²) in [5, 5.41) is 5.44. The van der Waals surface area contributed by atoms with Gasteiger partial charge in [0, 0.05) is 67.9 Å². The van der Waals surface area contributed by atoms with Gasteiger partial charge in [-0.1, -0.05) is 102 Å². The number of hydrogen-bond acceptors (Lipinski definition) is 11. The van der Waals surface area contributed by atoms with Gasteiger partial charge in [0.2, 0.25) is 47.3 Å². The Balaban J connectivity index is 2.12. The molecule has 0 bridgehead atoms. The smallest absolute Gasteiger partial charge is 0.328 e. The third kappa shape index (κ3) is 18.6. The second kappa shape index (κ2) is 32.0. The lowest BCUT2D eigenvalue weighted by Gasteiger charge is -2.41. The average Bonchev–Trinajstić information content (AvgIpc) is 3.99. The van der Waals surface area contributed by atoms with E-state index in [1.165, 1.54) is 78.6 Å². The van der Waals surface area contributed by atoms with E-state index in [1.807, 2.05) is 50.3 Å². The van der Waals surface area contributed by atoms with Gasteiger partial charge >= 0.3 is 5.97 Å². The van der Waals surface area contributed by atoms with Crippen molar-refractivity contribution >= 4 is 53.2 Å². The van der Waals surface area contributed by atoms with Crippen LogP contribution in [0.3, 0.4) is 0 Å². The number of amides is 8. The van der Waals surface area contributed by atoms with Crippen LogP contribution in [0.25, 0.3) is 0 Å². The number of likely N-dealkylation sites (N-methyl/N-ethyl adjacent to an activating group) is 5. The fraction of sp³-hybridized carbons (Fsp3) is 0.650. The molecule has 0 aromatic heterocycles. The first-order valence-corrected chi connectivity index (χ1v) is 28.1. The van der Waals surface area contributed by atoms with Crippen LogP contribution in [0, 0.1) is 17.8 Å². The van der Waals surface area contributed by atoms with Gasteiger partial charge in [-0.15, -0.1) is 0 Å². The normalized spacial score (nSPS) is 28.1. The van der Waals surface area contributed by atoms with Crippen LogP contribution in [0.5, 0.6) is 0 Å². The van der Waals surface area contributed by atoms with Crippen LogP contribution >= 0.6 is 0 Å². The molecule has 0 aliphatic carbocycles. The molecule has 8 amide bonds. The summed E-state index contributed by atoms with van der Waals surface area (Å²) in [6.45, 7) is 15.9. The van der Waals surface area contributed by atoms with Gasteiger partial charge in [-0.2, -0.15) is 0 Å². The fourth-order valence-corrected chi connectivity index (χ4v) is 10.2. The summed E-state index contributed by atoms with van der Waals surface area (Å²) in [5.74, 6) is -6.31. The minimum atomic E-state index is -1.35. The number of benzene rings is 1. The average molecular weight is 1100 g/mol. The van der Waals surface area contributed by atoms with Crippen LogP contribution in [-0.4, -0.2) is 193 Å². The van der Waals surface area contributed by atoms with Crippen LogP contribution < -0.4 is 10.6 Å². The summed E-state index contributed by atoms with van der Waals surface area (Å²) in [4.78, 5) is 137. The van der Waals surface area contributed by atoms with Gasteiger partial charge in [0.25, 0.3) is 0 Å². The molecule has 2 aliphatic heterocycles. The van der Waals surface area contributed by atoms with Crippen molar-refractivity contribution in [2.75, 3.05) is 55.9 Å². The van der Waals surface area contributed by atoms with Gasteiger partial charge in [-0.05, 0) is 95.5 Å². The summed E-state index contributed by atoms with van der Waals surface area (Å²) < 4.78 is 11.5. The van der Waals surface area contributed by atoms with E-state index in [-0.39, 0.29) is 31.4 Å². The number of esters is 1. The van der Waals surface area contributed by atoms with Crippen LogP contribution in [0.2, 0.25) is 0 Å². The highest BCUT2D eigenvalue weighted by Gasteiger charge is 2.46. The van der Waals surface area contributed by atoms with E-state index >= 15 is 9.59 Å². The van der Waals surface area contributed by atoms with Crippen molar-refractivity contribution in [1.82, 2.24) is 40.0 Å². The standard InChI is InChI=1S/C60H94N8O11/c1-38(2)50-57(74)65(13)47(36-44-30-22-20-23-31-44)56(73)66(14)51(39(3)4)58(75)67(15)52(40(5)6)59(76)68-35-27-34-46(68)54(71)64(12)48(37-49(69)61-10)55(72)63(11)43(9)60(77)79-42(8)29-21-18-17-19-24-32-45(78-16)33-26-25-28-41(7)53(70)62-50/h17,19-20,22-23,25-26,28,30-31,38-40,42-43,45-48,50-52H,18,21,24,27,29,32-37H2,1-16H3,(H,61,69)(H,62,70)/b19-17+,26-25+,41-28+/t42?,43-,45?,46-,47-,48-,50+,51-,52-/m0/s1. The first kappa shape index (κ1) is 66.9. The molecule has 1 fully saturated rings. The summed E-state index contributed by atoms with van der Waals surface area (Å²) in [7, 11) is 10.4. The minimum absolute atomic E-state index is 0.0751. The molecule has 19 heteroatoms. The highest BCUT2D eigenvalue weighted by Crippen LogP contribution is 2.27. The first-order chi connectivity index (χ1) is 37.2. The van der Waals surface area contributed by atoms with Gasteiger partial charge in [0.1, 0.15) is 42.3 Å². The van der Waals surface area contributed by atoms with Gasteiger partial charge in [0.15, 0.2) is 0 Å². The molecule has 1 aromatic rings. The molecule has 2 aliphatic rings. The second-order valence-corrected chi connectivity index (χ2v) is 22.4. The molecule has 0 saturated carbocycles. The third-order valence-corrected chi connectivity index (χ3v) is 15.4. The van der Waals surface area contributed by atoms with E-state index in [2.05, 4.69) is 22.8 Å². The summed E-state index contributed by atoms with van der Waals surface area (Å²) in [5.41, 5.74) is 1.13. The van der Waals surface area contributed by atoms with E-state index in [9.17, 15) is 33.6 Å². The zero-order valence-corrected chi connectivity index (χ0v) is 50.2. The van der Waals surface area contributed by atoms with E-state index in [4.69, 9.17) is 9.47 Å². The third-order valence-electron chi connectivity index (χ3n) is 15.4. The minimum Gasteiger partial charge on any atom is -0.461 e. The van der Waals surface area contributed by atoms with Crippen molar-refractivity contribution in [3.63, 3.8) is 0 Å². The number of carbonyl (C=O) groups is 9. The van der Waals surface area contributed by atoms with Gasteiger partial charge in [-0.25, -0.2) is 4.79 Å². The SMILES string of the molecule is CNC(=O)C[C@H]1C(=O)N(C)[C@@H](C)C(=O)OC(C)CCC/C=C/CCC(OC)C/C=C/C=C(\C)C(=O)N[C@H](C(C)C)C(=O)N(C)[C@@H](Cc2ccccc2)C(=O)N(C)[C@@H](C(C)C)C(=O)N(C)[C@@H](C(C)C)C(=O)N2CCC[C@H]2C(=O)N1C. The van der Waals surface area contributed by atoms with E-state index in [0.717, 1.165) is 31.2 Å². The number of cyclic esters (lactones) is 1. The maximum atomic E-state index is 15.1. The first-order valence-electron chi connectivity index (χ1n) is 28.1. The topological polar surface area (TPSA) is 216 Å². The number of fused-ring (bicyclic) bond motifs is 1. The lowest BCUT2D eigenvalue weighted by Crippen LogP contribution is -2.62. The molecule has 1 saturated heterocycles. The molecule has 2 heterocycles. The summed E-state index contributed by atoms with van der Waals surface area (Å²) in [6, 6.07) is 1.35. The zero-order chi connectivity index (χ0) is 59.4. The second-order valence-electron chi connectivity index (χ2n) is 22.4. The maximum absolute atomic E-state index is 15.1. The predicted octanol–water partition coefficient (Wildman–Crippen LogP) is 5.32. The van der Waals surface area contributed by atoms with Crippen LogP contribution in [0.1, 0.15) is 126 Å². The quantitative estimate of drug-likeness (QED) is 0.251. The monoisotopic (exact) mass is 1100 g/mol. The maximum Gasteiger partial charge on any atom is 0.328 e. The molecule has 79 heavy (non-hydrogen) atoms. The lowest BCUT2D eigenvalue weighted by molar-refractivity contribution is -0.160. The summed E-state index contributed by atoms with van der Waals surface area (Å²) in [6.07, 6.45) is 13.6. The van der Waals surface area contributed by atoms with Gasteiger partial charge in [-0.3, -0.25) is 38.4 Å². The number of rotatable bonds is 8. The molecule has 0 spiro atoms. The molecule has 1 aromatic carbocycles. The molecular formula is C60H94N8O11. The number of nitrogens with zero attached hydrogens (tertiary/aromatic N) is 6. The van der Waals surface area contributed by atoms with E-state index in [0.29, 0.717) is 24.8 Å². The summed E-state index contributed by atoms with van der Waals surface area (Å²) >= 11 is 0. The Morgan fingerprint density at radius 2 is 1.27 bits per heavy atom.